The zero-order valence-electron chi connectivity index (χ0n) is 12.6. The van der Waals surface area contributed by atoms with Crippen molar-refractivity contribution < 1.29 is 10.2 Å². The number of aliphatic hydroxyl groups excluding tert-OH is 2. The first-order valence-electron chi connectivity index (χ1n) is 7.65. The van der Waals surface area contributed by atoms with Gasteiger partial charge >= 0.3 is 0 Å². The van der Waals surface area contributed by atoms with Crippen LogP contribution in [0.5, 0.6) is 0 Å². The molecule has 3 rings (SSSR count). The van der Waals surface area contributed by atoms with Crippen molar-refractivity contribution in [3.8, 4) is 0 Å². The molecule has 0 aliphatic carbocycles. The van der Waals surface area contributed by atoms with Crippen LogP contribution in [0, 0.1) is 5.41 Å². The van der Waals surface area contributed by atoms with Gasteiger partial charge in [-0.3, -0.25) is 4.90 Å². The molecule has 0 unspecified atom stereocenters. The van der Waals surface area contributed by atoms with E-state index in [0.29, 0.717) is 19.4 Å². The van der Waals surface area contributed by atoms with Gasteiger partial charge in [-0.1, -0.05) is 30.3 Å². The highest BCUT2D eigenvalue weighted by Gasteiger charge is 2.42. The molecule has 0 bridgehead atoms. The maximum atomic E-state index is 10.5. The number of aliphatic hydroxyl groups is 2. The molecule has 5 heteroatoms. The zero-order chi connectivity index (χ0) is 15.4. The largest absolute Gasteiger partial charge is 0.396 e. The maximum Gasteiger partial charge on any atom is 0.0646 e. The summed E-state index contributed by atoms with van der Waals surface area (Å²) in [6.07, 6.45) is 2.83. The lowest BCUT2D eigenvalue weighted by Gasteiger charge is -2.45. The molecule has 2 N–H and O–H groups in total. The Hall–Kier alpha value is -1.27. The smallest absolute Gasteiger partial charge is 0.0646 e. The standard InChI is InChI=1S/C17H22N2O2S/c20-13-17(8-14-4-2-1-3-5-14)12-19(7-6-16(17)21)10-15-9-18-22-11-15/h1-5,9,11,16,20-21H,6-8,10,12-13H2/t16-,17+/m1/s1. The second kappa shape index (κ2) is 6.87. The average molecular weight is 318 g/mol. The Kier molecular flexibility index (Phi) is 4.88. The van der Waals surface area contributed by atoms with Gasteiger partial charge in [0.15, 0.2) is 0 Å². The monoisotopic (exact) mass is 318 g/mol. The fourth-order valence-electron chi connectivity index (χ4n) is 3.33. The Morgan fingerprint density at radius 1 is 1.27 bits per heavy atom. The molecule has 1 aliphatic rings. The summed E-state index contributed by atoms with van der Waals surface area (Å²) in [7, 11) is 0. The SMILES string of the molecule is OC[C@]1(Cc2ccccc2)CN(Cc2cnsc2)CC[C@H]1O. The minimum Gasteiger partial charge on any atom is -0.396 e. The van der Waals surface area contributed by atoms with Gasteiger partial charge in [-0.05, 0) is 35.5 Å². The highest BCUT2D eigenvalue weighted by Crippen LogP contribution is 2.34. The molecule has 2 atom stereocenters. The van der Waals surface area contributed by atoms with Crippen LogP contribution in [0.2, 0.25) is 0 Å². The van der Waals surface area contributed by atoms with Crippen molar-refractivity contribution in [3.05, 3.63) is 53.0 Å². The van der Waals surface area contributed by atoms with Gasteiger partial charge in [-0.15, -0.1) is 0 Å². The molecule has 118 valence electrons. The van der Waals surface area contributed by atoms with Crippen LogP contribution in [-0.4, -0.2) is 45.3 Å². The van der Waals surface area contributed by atoms with Crippen molar-refractivity contribution in [3.63, 3.8) is 0 Å². The molecule has 4 nitrogen and oxygen atoms in total. The van der Waals surface area contributed by atoms with E-state index >= 15 is 0 Å². The lowest BCUT2D eigenvalue weighted by molar-refractivity contribution is -0.0768. The van der Waals surface area contributed by atoms with Crippen molar-refractivity contribution in [2.45, 2.75) is 25.5 Å². The van der Waals surface area contributed by atoms with Crippen LogP contribution < -0.4 is 0 Å². The van der Waals surface area contributed by atoms with E-state index in [0.717, 1.165) is 18.7 Å². The summed E-state index contributed by atoms with van der Waals surface area (Å²) in [6, 6.07) is 10.1. The number of benzene rings is 1. The van der Waals surface area contributed by atoms with Gasteiger partial charge in [-0.25, -0.2) is 4.37 Å². The molecule has 22 heavy (non-hydrogen) atoms. The highest BCUT2D eigenvalue weighted by atomic mass is 32.1. The van der Waals surface area contributed by atoms with Crippen LogP contribution in [0.4, 0.5) is 0 Å². The van der Waals surface area contributed by atoms with Crippen LogP contribution in [0.25, 0.3) is 0 Å². The first-order chi connectivity index (χ1) is 10.7. The second-order valence-corrected chi connectivity index (χ2v) is 6.89. The van der Waals surface area contributed by atoms with E-state index in [9.17, 15) is 10.2 Å². The fourth-order valence-corrected chi connectivity index (χ4v) is 3.85. The molecule has 0 saturated carbocycles. The molecule has 2 heterocycles. The number of piperidine rings is 1. The summed E-state index contributed by atoms with van der Waals surface area (Å²) in [5.41, 5.74) is 1.88. The van der Waals surface area contributed by atoms with E-state index in [1.54, 1.807) is 0 Å². The molecular weight excluding hydrogens is 296 g/mol. The molecule has 1 aromatic carbocycles. The maximum absolute atomic E-state index is 10.5. The van der Waals surface area contributed by atoms with Crippen LogP contribution >= 0.6 is 11.5 Å². The Morgan fingerprint density at radius 2 is 2.09 bits per heavy atom. The van der Waals surface area contributed by atoms with Gasteiger partial charge in [0, 0.05) is 36.6 Å². The van der Waals surface area contributed by atoms with Gasteiger partial charge in [0.1, 0.15) is 0 Å². The highest BCUT2D eigenvalue weighted by molar-refractivity contribution is 7.03. The van der Waals surface area contributed by atoms with E-state index in [-0.39, 0.29) is 6.61 Å². The fraction of sp³-hybridized carbons (Fsp3) is 0.471. The van der Waals surface area contributed by atoms with Gasteiger partial charge in [0.25, 0.3) is 0 Å². The third-order valence-corrected chi connectivity index (χ3v) is 5.20. The summed E-state index contributed by atoms with van der Waals surface area (Å²) in [4.78, 5) is 2.32. The van der Waals surface area contributed by atoms with Gasteiger partial charge in [0.2, 0.25) is 0 Å². The molecule has 0 radical (unpaired) electrons. The molecular formula is C17H22N2O2S. The first kappa shape index (κ1) is 15.6. The summed E-state index contributed by atoms with van der Waals surface area (Å²) >= 11 is 1.46. The van der Waals surface area contributed by atoms with E-state index in [1.807, 2.05) is 24.4 Å². The van der Waals surface area contributed by atoms with Crippen molar-refractivity contribution in [2.75, 3.05) is 19.7 Å². The Morgan fingerprint density at radius 3 is 2.77 bits per heavy atom. The molecule has 1 saturated heterocycles. The normalized spacial score (nSPS) is 26.2. The van der Waals surface area contributed by atoms with E-state index in [1.165, 1.54) is 17.1 Å². The number of hydrogen-bond acceptors (Lipinski definition) is 5. The van der Waals surface area contributed by atoms with Crippen molar-refractivity contribution in [1.29, 1.82) is 0 Å². The lowest BCUT2D eigenvalue weighted by atomic mass is 9.73. The summed E-state index contributed by atoms with van der Waals surface area (Å²) in [6.45, 7) is 2.39. The minimum atomic E-state index is -0.483. The number of rotatable bonds is 5. The predicted octanol–water partition coefficient (Wildman–Crippen LogP) is 1.93. The molecule has 0 spiro atoms. The van der Waals surface area contributed by atoms with E-state index in [4.69, 9.17) is 0 Å². The number of nitrogens with zero attached hydrogens (tertiary/aromatic N) is 2. The Balaban J connectivity index is 1.75. The third-order valence-electron chi connectivity index (χ3n) is 4.57. The second-order valence-electron chi connectivity index (χ2n) is 6.23. The molecule has 0 amide bonds. The van der Waals surface area contributed by atoms with Crippen LogP contribution in [0.15, 0.2) is 41.9 Å². The molecule has 1 aliphatic heterocycles. The van der Waals surface area contributed by atoms with Crippen molar-refractivity contribution in [2.24, 2.45) is 5.41 Å². The van der Waals surface area contributed by atoms with Crippen LogP contribution in [0.3, 0.4) is 0 Å². The molecule has 2 aromatic rings. The van der Waals surface area contributed by atoms with Crippen LogP contribution in [-0.2, 0) is 13.0 Å². The first-order valence-corrected chi connectivity index (χ1v) is 8.49. The van der Waals surface area contributed by atoms with Gasteiger partial charge in [0.05, 0.1) is 12.7 Å². The van der Waals surface area contributed by atoms with Crippen molar-refractivity contribution in [1.82, 2.24) is 9.27 Å². The summed E-state index contributed by atoms with van der Waals surface area (Å²) in [5.74, 6) is 0. The van der Waals surface area contributed by atoms with E-state index in [2.05, 4.69) is 26.8 Å². The summed E-state index contributed by atoms with van der Waals surface area (Å²) in [5, 5.41) is 22.6. The quantitative estimate of drug-likeness (QED) is 0.884. The molecule has 1 fully saturated rings. The lowest BCUT2D eigenvalue weighted by Crippen LogP contribution is -2.54. The van der Waals surface area contributed by atoms with Gasteiger partial charge < -0.3 is 10.2 Å². The van der Waals surface area contributed by atoms with Gasteiger partial charge in [-0.2, -0.15) is 0 Å². The number of aromatic nitrogens is 1. The van der Waals surface area contributed by atoms with E-state index < -0.39 is 11.5 Å². The average Bonchev–Trinajstić information content (AvgIpc) is 3.04. The molecule has 1 aromatic heterocycles. The number of hydrogen-bond donors (Lipinski definition) is 2. The van der Waals surface area contributed by atoms with Crippen molar-refractivity contribution >= 4 is 11.5 Å². The summed E-state index contributed by atoms with van der Waals surface area (Å²) < 4.78 is 4.14. The number of likely N-dealkylation sites (tertiary alicyclic amines) is 1. The zero-order valence-corrected chi connectivity index (χ0v) is 13.4. The minimum absolute atomic E-state index is 0.00144. The van der Waals surface area contributed by atoms with Crippen LogP contribution in [0.1, 0.15) is 17.5 Å². The third kappa shape index (κ3) is 3.38. The Bertz CT molecular complexity index is 576. The Labute approximate surface area is 135 Å². The topological polar surface area (TPSA) is 56.6 Å². The predicted molar refractivity (Wildman–Crippen MR) is 87.7 cm³/mol.